The van der Waals surface area contributed by atoms with Crippen molar-refractivity contribution in [2.24, 2.45) is 0 Å². The summed E-state index contributed by atoms with van der Waals surface area (Å²) in [4.78, 5) is 28.3. The van der Waals surface area contributed by atoms with Crippen LogP contribution in [0.25, 0.3) is 5.76 Å². The lowest BCUT2D eigenvalue weighted by Gasteiger charge is -2.27. The maximum absolute atomic E-state index is 13.6. The van der Waals surface area contributed by atoms with Crippen molar-refractivity contribution in [3.63, 3.8) is 0 Å². The van der Waals surface area contributed by atoms with Crippen molar-refractivity contribution in [2.45, 2.75) is 58.4 Å². The van der Waals surface area contributed by atoms with E-state index in [1.807, 2.05) is 45.0 Å². The number of ether oxygens (including phenoxy) is 1. The van der Waals surface area contributed by atoms with Crippen LogP contribution in [0, 0.1) is 0 Å². The molecule has 2 N–H and O–H groups in total. The largest absolute Gasteiger partial charge is 0.507 e. The zero-order chi connectivity index (χ0) is 28.9. The smallest absolute Gasteiger partial charge is 0.300 e. The Hall–Kier alpha value is -3.77. The molecule has 1 fully saturated rings. The molecule has 3 aromatic carbocycles. The summed E-state index contributed by atoms with van der Waals surface area (Å²) in [5.41, 5.74) is 2.46. The van der Waals surface area contributed by atoms with E-state index in [0.29, 0.717) is 16.9 Å². The number of aromatic hydroxyl groups is 1. The number of hydrogen-bond donors (Lipinski definition) is 2. The quantitative estimate of drug-likeness (QED) is 0.204. The van der Waals surface area contributed by atoms with E-state index in [1.54, 1.807) is 25.3 Å². The van der Waals surface area contributed by atoms with E-state index in [0.717, 1.165) is 11.1 Å². The normalized spacial score (nSPS) is 17.5. The number of amides is 1. The van der Waals surface area contributed by atoms with Gasteiger partial charge in [0.15, 0.2) is 0 Å². The van der Waals surface area contributed by atoms with Crippen LogP contribution in [0.5, 0.6) is 11.5 Å². The van der Waals surface area contributed by atoms with Crippen molar-refractivity contribution in [2.75, 3.05) is 12.0 Å². The molecule has 1 aliphatic rings. The van der Waals surface area contributed by atoms with Gasteiger partial charge in [-0.25, -0.2) is 0 Å². The van der Waals surface area contributed by atoms with Gasteiger partial charge in [0.1, 0.15) is 17.3 Å². The Bertz CT molecular complexity index is 1480. The molecule has 6 nitrogen and oxygen atoms in total. The number of Topliss-reactive ketones (excluding diaryl/α,β-unsaturated/α-hetero) is 1. The Labute approximate surface area is 234 Å². The van der Waals surface area contributed by atoms with Crippen LogP contribution >= 0.6 is 11.6 Å². The molecule has 3 aromatic rings. The number of nitrogens with zero attached hydrogens (tertiary/aromatic N) is 1. The minimum atomic E-state index is -0.997. The number of ketones is 1. The first-order valence-electron chi connectivity index (χ1n) is 12.7. The number of carbonyl (C=O) groups excluding carboxylic acids is 2. The fourth-order valence-electron chi connectivity index (χ4n) is 4.85. The number of hydrogen-bond acceptors (Lipinski definition) is 5. The average Bonchev–Trinajstić information content (AvgIpc) is 3.13. The summed E-state index contributed by atoms with van der Waals surface area (Å²) in [7, 11) is 1.58. The second-order valence-electron chi connectivity index (χ2n) is 11.8. The number of methoxy groups -OCH3 is 1. The van der Waals surface area contributed by atoms with Gasteiger partial charge in [-0.1, -0.05) is 77.4 Å². The molecule has 7 heteroatoms. The molecule has 1 atom stereocenters. The lowest BCUT2D eigenvalue weighted by atomic mass is 9.84. The molecule has 204 valence electrons. The topological polar surface area (TPSA) is 87.1 Å². The van der Waals surface area contributed by atoms with Gasteiger partial charge in [-0.3, -0.25) is 14.5 Å². The third-order valence-corrected chi connectivity index (χ3v) is 7.25. The molecule has 39 heavy (non-hydrogen) atoms. The fourth-order valence-corrected chi connectivity index (χ4v) is 5.01. The first kappa shape index (κ1) is 28.2. The van der Waals surface area contributed by atoms with Crippen LogP contribution in [-0.2, 0) is 20.4 Å². The molecule has 0 radical (unpaired) electrons. The Balaban J connectivity index is 1.99. The number of carbonyl (C=O) groups is 2. The summed E-state index contributed by atoms with van der Waals surface area (Å²) in [6, 6.07) is 16.0. The molecule has 1 saturated heterocycles. The first-order valence-corrected chi connectivity index (χ1v) is 13.1. The first-order chi connectivity index (χ1) is 18.1. The van der Waals surface area contributed by atoms with Gasteiger partial charge in [-0.05, 0) is 58.4 Å². The summed E-state index contributed by atoms with van der Waals surface area (Å²) >= 11 is 6.22. The van der Waals surface area contributed by atoms with Gasteiger partial charge in [0.05, 0.1) is 24.4 Å². The van der Waals surface area contributed by atoms with Crippen LogP contribution in [0.15, 0.2) is 66.2 Å². The van der Waals surface area contributed by atoms with Crippen molar-refractivity contribution in [3.8, 4) is 11.5 Å². The molecule has 1 heterocycles. The van der Waals surface area contributed by atoms with E-state index in [1.165, 1.54) is 23.1 Å². The van der Waals surface area contributed by atoms with E-state index < -0.39 is 17.7 Å². The van der Waals surface area contributed by atoms with Gasteiger partial charge >= 0.3 is 0 Å². The zero-order valence-corrected chi connectivity index (χ0v) is 24.1. The third-order valence-electron chi connectivity index (χ3n) is 7.01. The van der Waals surface area contributed by atoms with Crippen molar-refractivity contribution >= 4 is 34.7 Å². The van der Waals surface area contributed by atoms with Crippen molar-refractivity contribution in [1.29, 1.82) is 0 Å². The Morgan fingerprint density at radius 2 is 1.54 bits per heavy atom. The van der Waals surface area contributed by atoms with Crippen LogP contribution in [0.1, 0.15) is 69.8 Å². The summed E-state index contributed by atoms with van der Waals surface area (Å²) in [6.07, 6.45) is 0. The third kappa shape index (κ3) is 5.26. The fraction of sp³-hybridized carbons (Fsp3) is 0.312. The molecule has 0 saturated carbocycles. The highest BCUT2D eigenvalue weighted by molar-refractivity contribution is 6.52. The Morgan fingerprint density at radius 1 is 0.897 bits per heavy atom. The van der Waals surface area contributed by atoms with Crippen LogP contribution in [0.3, 0.4) is 0 Å². The number of aliphatic hydroxyl groups is 1. The molecule has 1 amide bonds. The molecule has 0 bridgehead atoms. The number of halogens is 1. The number of benzene rings is 3. The van der Waals surface area contributed by atoms with Crippen LogP contribution in [0.2, 0.25) is 5.02 Å². The van der Waals surface area contributed by atoms with Crippen LogP contribution in [-0.4, -0.2) is 29.0 Å². The molecule has 4 rings (SSSR count). The molecule has 0 aliphatic carbocycles. The van der Waals surface area contributed by atoms with Crippen molar-refractivity contribution in [3.05, 3.63) is 93.5 Å². The van der Waals surface area contributed by atoms with Gasteiger partial charge < -0.3 is 14.9 Å². The predicted octanol–water partition coefficient (Wildman–Crippen LogP) is 7.28. The summed E-state index contributed by atoms with van der Waals surface area (Å²) in [5.74, 6) is -1.60. The second kappa shape index (κ2) is 10.1. The van der Waals surface area contributed by atoms with Crippen molar-refractivity contribution < 1.29 is 24.5 Å². The van der Waals surface area contributed by atoms with E-state index in [-0.39, 0.29) is 38.6 Å². The van der Waals surface area contributed by atoms with E-state index in [4.69, 9.17) is 16.3 Å². The number of phenolic OH excluding ortho intramolecular Hbond substituents is 1. The zero-order valence-electron chi connectivity index (χ0n) is 23.3. The Kier molecular flexibility index (Phi) is 7.30. The van der Waals surface area contributed by atoms with Gasteiger partial charge in [-0.15, -0.1) is 0 Å². The number of anilines is 1. The molecule has 1 aliphatic heterocycles. The maximum Gasteiger partial charge on any atom is 0.300 e. The lowest BCUT2D eigenvalue weighted by molar-refractivity contribution is -0.132. The molecular weight excluding hydrogens is 514 g/mol. The van der Waals surface area contributed by atoms with E-state index in [2.05, 4.69) is 20.8 Å². The SMILES string of the molecule is COc1ccc(/C(O)=C2/C(=O)C(=O)N(c3cc(Cl)ccc3O)C2c2ccc(C(C)(C)C)cc2)cc1C(C)(C)C. The Morgan fingerprint density at radius 3 is 2.10 bits per heavy atom. The maximum atomic E-state index is 13.6. The van der Waals surface area contributed by atoms with E-state index in [9.17, 15) is 19.8 Å². The number of aliphatic hydroxyl groups excluding tert-OH is 1. The monoisotopic (exact) mass is 547 g/mol. The molecule has 0 aromatic heterocycles. The lowest BCUT2D eigenvalue weighted by Crippen LogP contribution is -2.29. The van der Waals surface area contributed by atoms with Gasteiger partial charge in [0.2, 0.25) is 0 Å². The summed E-state index contributed by atoms with van der Waals surface area (Å²) in [6.45, 7) is 12.3. The van der Waals surface area contributed by atoms with Gasteiger partial charge in [-0.2, -0.15) is 0 Å². The molecule has 1 unspecified atom stereocenters. The number of rotatable bonds is 4. The van der Waals surface area contributed by atoms with Crippen molar-refractivity contribution in [1.82, 2.24) is 0 Å². The van der Waals surface area contributed by atoms with Gasteiger partial charge in [0.25, 0.3) is 11.7 Å². The second-order valence-corrected chi connectivity index (χ2v) is 12.3. The van der Waals surface area contributed by atoms with Gasteiger partial charge in [0, 0.05) is 16.1 Å². The molecule has 0 spiro atoms. The number of phenols is 1. The minimum absolute atomic E-state index is 0.0760. The van der Waals surface area contributed by atoms with Crippen LogP contribution in [0.4, 0.5) is 5.69 Å². The summed E-state index contributed by atoms with van der Waals surface area (Å²) < 4.78 is 5.53. The molecular formula is C32H34ClNO5. The minimum Gasteiger partial charge on any atom is -0.507 e. The highest BCUT2D eigenvalue weighted by Crippen LogP contribution is 2.46. The average molecular weight is 548 g/mol. The highest BCUT2D eigenvalue weighted by Gasteiger charge is 2.48. The predicted molar refractivity (Wildman–Crippen MR) is 155 cm³/mol. The van der Waals surface area contributed by atoms with Crippen LogP contribution < -0.4 is 9.64 Å². The standard InChI is InChI=1S/C32H34ClNO5/c1-31(2,3)20-11-8-18(9-12-20)27-26(28(36)19-10-15-25(39-7)22(16-19)32(4,5)6)29(37)30(38)34(27)23-17-21(33)13-14-24(23)35/h8-17,27,35-36H,1-7H3/b28-26-. The van der Waals surface area contributed by atoms with E-state index >= 15 is 0 Å². The highest BCUT2D eigenvalue weighted by atomic mass is 35.5. The summed E-state index contributed by atoms with van der Waals surface area (Å²) in [5, 5.41) is 22.6.